The van der Waals surface area contributed by atoms with Crippen LogP contribution in [-0.2, 0) is 30.4 Å². The highest BCUT2D eigenvalue weighted by Gasteiger charge is 2.36. The molecule has 2 heterocycles. The van der Waals surface area contributed by atoms with Gasteiger partial charge in [-0.2, -0.15) is 0 Å². The molecule has 1 amide bonds. The standard InChI is InChI=1S/C20H25N3O.C18H36O3.C14H28O3.C10H20O3.C8H16O3/c1-4-23(5-2)20(24)14-9-16-15-7-6-8-17-19(15)13(11-21-17)10-18(16)22(3)12-14;1-2-3-4-5-6-7-8-9-10-11-12-13-14-15-16-17(19)18(20)21;1-2-3-4-5-6-7-8-9-10-11-12-13(15)14(16)17;1-2-3-4-5-6-7-8-9(11)10(12)13;1-2-3-4-5-6-7(9)8(10)11/h6-9,11,14,18,21H,4-5,10,12H2,1-3H3;17,19H,2-16H2,1H3,(H,20,21);13,15H,2-12H2,1H3,(H,16,17);9,11H,2-8H2,1H3,(H,12,13);7,9H,2-6H2,1H3,(H,10,11)/t14-,18-;;13-;;/m1.0../s1. The number of carbonyl (C=O) groups is 5. The largest absolute Gasteiger partial charge is 0.479 e. The fraction of sp³-hybridized carbons (Fsp3) is 0.786. The number of likely N-dealkylation sites (N-methyl/N-ethyl adjacent to an activating group) is 1. The van der Waals surface area contributed by atoms with Gasteiger partial charge in [-0.05, 0) is 75.8 Å². The third kappa shape index (κ3) is 38.8. The van der Waals surface area contributed by atoms with Gasteiger partial charge in [-0.25, -0.2) is 19.2 Å². The Morgan fingerprint density at radius 3 is 1.08 bits per heavy atom. The SMILES string of the molecule is CCCCCCC(O)C(=O)O.CCCCCCCCC(O)C(=O)O.CCCCCCCCCCCCCCCCC(O)C(=O)O.CCCCCCCCCCCC[C@H](O)C(=O)O.CCN(CC)C(=O)[C@@H]1C=C2c3cccc4[nH]cc(c34)C[C@H]2N(C)C1. The van der Waals surface area contributed by atoms with E-state index in [-0.39, 0.29) is 11.8 Å². The maximum atomic E-state index is 12.9. The molecule has 6 atom stereocenters. The molecule has 9 N–H and O–H groups in total. The van der Waals surface area contributed by atoms with Gasteiger partial charge in [0.15, 0.2) is 24.4 Å². The summed E-state index contributed by atoms with van der Waals surface area (Å²) in [5, 5.41) is 70.9. The molecule has 0 bridgehead atoms. The number of rotatable bonds is 45. The number of aliphatic hydroxyl groups excluding tert-OH is 4. The molecule has 1 aromatic heterocycles. The molecule has 16 heteroatoms. The number of aromatic nitrogens is 1. The summed E-state index contributed by atoms with van der Waals surface area (Å²) in [6.07, 6.45) is 43.4. The van der Waals surface area contributed by atoms with Crippen molar-refractivity contribution in [1.82, 2.24) is 14.8 Å². The monoisotopic (exact) mass is 1220 g/mol. The topological polar surface area (TPSA) is 269 Å². The summed E-state index contributed by atoms with van der Waals surface area (Å²) >= 11 is 0. The molecule has 0 spiro atoms. The van der Waals surface area contributed by atoms with E-state index in [4.69, 9.17) is 40.9 Å². The van der Waals surface area contributed by atoms with Crippen molar-refractivity contribution in [2.75, 3.05) is 26.7 Å². The number of nitrogens with zero attached hydrogens (tertiary/aromatic N) is 2. The van der Waals surface area contributed by atoms with Crippen molar-refractivity contribution < 1.29 is 64.8 Å². The van der Waals surface area contributed by atoms with Gasteiger partial charge in [0.1, 0.15) is 0 Å². The average molecular weight is 1220 g/mol. The van der Waals surface area contributed by atoms with E-state index in [1.54, 1.807) is 0 Å². The summed E-state index contributed by atoms with van der Waals surface area (Å²) in [4.78, 5) is 61.6. The Balaban J connectivity index is 0.00000108. The van der Waals surface area contributed by atoms with Crippen LogP contribution < -0.4 is 0 Å². The van der Waals surface area contributed by atoms with E-state index in [9.17, 15) is 24.0 Å². The van der Waals surface area contributed by atoms with Gasteiger partial charge >= 0.3 is 23.9 Å². The number of hydrogen-bond donors (Lipinski definition) is 9. The zero-order valence-electron chi connectivity index (χ0n) is 55.1. The zero-order valence-corrected chi connectivity index (χ0v) is 55.1. The lowest BCUT2D eigenvalue weighted by Gasteiger charge is -2.40. The number of hydrogen-bond acceptors (Lipinski definition) is 10. The molecular weight excluding hydrogens is 1090 g/mol. The number of carboxylic acid groups (broad SMARTS) is 4. The van der Waals surface area contributed by atoms with Crippen LogP contribution in [-0.4, -0.2) is 143 Å². The van der Waals surface area contributed by atoms with Crippen LogP contribution in [0, 0.1) is 5.92 Å². The van der Waals surface area contributed by atoms with E-state index in [0.717, 1.165) is 96.7 Å². The van der Waals surface area contributed by atoms with Crippen LogP contribution >= 0.6 is 0 Å². The molecule has 2 aromatic rings. The summed E-state index contributed by atoms with van der Waals surface area (Å²) in [5.41, 5.74) is 5.21. The fourth-order valence-electron chi connectivity index (χ4n) is 11.1. The van der Waals surface area contributed by atoms with E-state index in [1.807, 2.05) is 4.90 Å². The van der Waals surface area contributed by atoms with Crippen molar-refractivity contribution in [3.8, 4) is 0 Å². The second kappa shape index (κ2) is 53.7. The fourth-order valence-corrected chi connectivity index (χ4v) is 11.1. The lowest BCUT2D eigenvalue weighted by Crippen LogP contribution is -2.47. The lowest BCUT2D eigenvalue weighted by atomic mass is 9.79. The highest BCUT2D eigenvalue weighted by atomic mass is 16.4. The van der Waals surface area contributed by atoms with Gasteiger partial charge in [-0.15, -0.1) is 0 Å². The maximum absolute atomic E-state index is 12.9. The Morgan fingerprint density at radius 1 is 0.477 bits per heavy atom. The number of unbranched alkanes of at least 4 members (excludes halogenated alkanes) is 30. The minimum Gasteiger partial charge on any atom is -0.479 e. The Labute approximate surface area is 520 Å². The second-order valence-electron chi connectivity index (χ2n) is 24.1. The van der Waals surface area contributed by atoms with Crippen LogP contribution in [0.15, 0.2) is 30.5 Å². The second-order valence-corrected chi connectivity index (χ2v) is 24.1. The molecule has 1 aromatic carbocycles. The normalized spacial score (nSPS) is 15.5. The van der Waals surface area contributed by atoms with Crippen LogP contribution in [0.3, 0.4) is 0 Å². The predicted octanol–water partition coefficient (Wildman–Crippen LogP) is 15.5. The number of aliphatic carboxylic acids is 4. The Kier molecular flexibility index (Phi) is 50.9. The third-order valence-corrected chi connectivity index (χ3v) is 16.6. The first-order valence-electron chi connectivity index (χ1n) is 34.3. The van der Waals surface area contributed by atoms with Gasteiger partial charge in [0.05, 0.1) is 5.92 Å². The average Bonchev–Trinajstić information content (AvgIpc) is 3.20. The van der Waals surface area contributed by atoms with Crippen molar-refractivity contribution in [3.05, 3.63) is 41.6 Å². The summed E-state index contributed by atoms with van der Waals surface area (Å²) < 4.78 is 0. The van der Waals surface area contributed by atoms with Gasteiger partial charge in [0, 0.05) is 42.8 Å². The molecule has 0 fully saturated rings. The number of H-pyrrole nitrogens is 1. The van der Waals surface area contributed by atoms with E-state index in [1.165, 1.54) is 175 Å². The third-order valence-electron chi connectivity index (χ3n) is 16.6. The summed E-state index contributed by atoms with van der Waals surface area (Å²) in [5.74, 6) is -4.19. The summed E-state index contributed by atoms with van der Waals surface area (Å²) in [6.45, 7) is 15.2. The molecule has 0 saturated heterocycles. The van der Waals surface area contributed by atoms with E-state index in [2.05, 4.69) is 88.9 Å². The first kappa shape index (κ1) is 81.7. The number of nitrogens with one attached hydrogen (secondary N) is 1. The van der Waals surface area contributed by atoms with E-state index >= 15 is 0 Å². The highest BCUT2D eigenvalue weighted by Crippen LogP contribution is 2.41. The van der Waals surface area contributed by atoms with Gasteiger partial charge < -0.3 is 50.7 Å². The van der Waals surface area contributed by atoms with Crippen molar-refractivity contribution in [3.63, 3.8) is 0 Å². The van der Waals surface area contributed by atoms with Crippen molar-refractivity contribution in [2.45, 2.75) is 322 Å². The Bertz CT molecular complexity index is 2060. The first-order valence-corrected chi connectivity index (χ1v) is 34.3. The van der Waals surface area contributed by atoms with E-state index in [0.29, 0.717) is 31.7 Å². The Morgan fingerprint density at radius 2 is 0.779 bits per heavy atom. The van der Waals surface area contributed by atoms with Gasteiger partial charge in [-0.3, -0.25) is 9.69 Å². The minimum absolute atomic E-state index is 0.0445. The molecule has 86 heavy (non-hydrogen) atoms. The van der Waals surface area contributed by atoms with Gasteiger partial charge in [-0.1, -0.05) is 264 Å². The molecule has 4 rings (SSSR count). The molecule has 2 aliphatic rings. The quantitative estimate of drug-likeness (QED) is 0.0279. The predicted molar refractivity (Wildman–Crippen MR) is 351 cm³/mol. The van der Waals surface area contributed by atoms with Crippen LogP contribution in [0.1, 0.15) is 297 Å². The molecule has 498 valence electrons. The molecule has 16 nitrogen and oxygen atoms in total. The number of fused-ring (bicyclic) bond motifs is 2. The molecule has 1 aliphatic heterocycles. The van der Waals surface area contributed by atoms with Crippen LogP contribution in [0.5, 0.6) is 0 Å². The number of amides is 1. The van der Waals surface area contributed by atoms with Crippen molar-refractivity contribution >= 4 is 46.3 Å². The van der Waals surface area contributed by atoms with Crippen LogP contribution in [0.4, 0.5) is 0 Å². The Hall–Kier alpha value is -4.35. The molecule has 0 saturated carbocycles. The highest BCUT2D eigenvalue weighted by molar-refractivity contribution is 5.99. The van der Waals surface area contributed by atoms with Gasteiger partial charge in [0.2, 0.25) is 5.91 Å². The maximum Gasteiger partial charge on any atom is 0.332 e. The molecular formula is C70H125N3O13. The number of benzene rings is 1. The number of aliphatic hydroxyl groups is 4. The minimum atomic E-state index is -1.16. The van der Waals surface area contributed by atoms with Crippen LogP contribution in [0.2, 0.25) is 0 Å². The first-order chi connectivity index (χ1) is 41.4. The van der Waals surface area contributed by atoms with Crippen molar-refractivity contribution in [1.29, 1.82) is 0 Å². The summed E-state index contributed by atoms with van der Waals surface area (Å²) in [6, 6.07) is 6.82. The van der Waals surface area contributed by atoms with Crippen molar-refractivity contribution in [2.24, 2.45) is 5.92 Å². The molecule has 1 aliphatic carbocycles. The smallest absolute Gasteiger partial charge is 0.332 e. The molecule has 0 radical (unpaired) electrons. The van der Waals surface area contributed by atoms with E-state index < -0.39 is 48.3 Å². The van der Waals surface area contributed by atoms with Crippen LogP contribution in [0.25, 0.3) is 16.5 Å². The van der Waals surface area contributed by atoms with Gasteiger partial charge in [0.25, 0.3) is 0 Å². The number of aromatic amines is 1. The number of carboxylic acids is 4. The summed E-state index contributed by atoms with van der Waals surface area (Å²) in [7, 11) is 2.15. The zero-order chi connectivity index (χ0) is 64.3. The number of carbonyl (C=O) groups excluding carboxylic acids is 1. The molecule has 3 unspecified atom stereocenters. The lowest BCUT2D eigenvalue weighted by molar-refractivity contribution is -0.147.